The third-order valence-electron chi connectivity index (χ3n) is 4.85. The van der Waals surface area contributed by atoms with Crippen molar-refractivity contribution in [2.45, 2.75) is 65.2 Å². The third kappa shape index (κ3) is 10.9. The van der Waals surface area contributed by atoms with Crippen LogP contribution in [-0.4, -0.2) is 49.6 Å². The topological polar surface area (TPSA) is 62.7 Å². The van der Waals surface area contributed by atoms with Crippen LogP contribution < -0.4 is 9.47 Å². The molecular weight excluding hydrogens is 404 g/mol. The molecule has 32 heavy (non-hydrogen) atoms. The third-order valence-corrected chi connectivity index (χ3v) is 4.85. The monoisotopic (exact) mass is 444 g/mol. The number of nitrogens with zero attached hydrogens (tertiary/aromatic N) is 2. The molecule has 178 valence electrons. The molecule has 0 unspecified atom stereocenters. The van der Waals surface area contributed by atoms with Crippen molar-refractivity contribution in [3.8, 4) is 22.9 Å². The Hall–Kier alpha value is -2.18. The van der Waals surface area contributed by atoms with E-state index in [-0.39, 0.29) is 0 Å². The van der Waals surface area contributed by atoms with Crippen molar-refractivity contribution in [1.29, 1.82) is 0 Å². The summed E-state index contributed by atoms with van der Waals surface area (Å²) in [5.41, 5.74) is 0.903. The lowest BCUT2D eigenvalue weighted by Crippen LogP contribution is -2.03. The highest BCUT2D eigenvalue weighted by atomic mass is 16.5. The highest BCUT2D eigenvalue weighted by molar-refractivity contribution is 5.63. The number of aromatic nitrogens is 2. The molecule has 0 fully saturated rings. The molecule has 6 heteroatoms. The molecule has 1 heterocycles. The van der Waals surface area contributed by atoms with Gasteiger partial charge in [0.1, 0.15) is 5.75 Å². The fraction of sp³-hybridized carbons (Fsp3) is 0.615. The number of hydrogen-bond acceptors (Lipinski definition) is 6. The first-order chi connectivity index (χ1) is 15.8. The molecule has 0 bridgehead atoms. The van der Waals surface area contributed by atoms with Crippen molar-refractivity contribution in [3.63, 3.8) is 0 Å². The lowest BCUT2D eigenvalue weighted by Gasteiger charge is -2.11. The number of benzene rings is 1. The van der Waals surface area contributed by atoms with E-state index in [1.807, 2.05) is 24.3 Å². The van der Waals surface area contributed by atoms with E-state index in [1.165, 1.54) is 6.42 Å². The average Bonchev–Trinajstić information content (AvgIpc) is 2.83. The van der Waals surface area contributed by atoms with Gasteiger partial charge in [-0.3, -0.25) is 0 Å². The summed E-state index contributed by atoms with van der Waals surface area (Å²) in [6, 6.07) is 7.92. The molecule has 0 aliphatic heterocycles. The molecule has 2 rings (SSSR count). The quantitative estimate of drug-likeness (QED) is 0.244. The fourth-order valence-corrected chi connectivity index (χ4v) is 3.14. The van der Waals surface area contributed by atoms with Crippen LogP contribution in [0.4, 0.5) is 0 Å². The van der Waals surface area contributed by atoms with E-state index in [9.17, 15) is 0 Å². The lowest BCUT2D eigenvalue weighted by atomic mass is 10.2. The van der Waals surface area contributed by atoms with E-state index in [0.29, 0.717) is 24.8 Å². The van der Waals surface area contributed by atoms with Crippen LogP contribution in [0.5, 0.6) is 11.5 Å². The Morgan fingerprint density at radius 3 is 1.88 bits per heavy atom. The lowest BCUT2D eigenvalue weighted by molar-refractivity contribution is 0.127. The van der Waals surface area contributed by atoms with Gasteiger partial charge in [0.05, 0.1) is 31.2 Å². The Labute approximate surface area is 193 Å². The van der Waals surface area contributed by atoms with Gasteiger partial charge in [0.15, 0.2) is 11.6 Å². The Bertz CT molecular complexity index is 709. The zero-order chi connectivity index (χ0) is 22.7. The van der Waals surface area contributed by atoms with Crippen LogP contribution in [0.25, 0.3) is 11.4 Å². The van der Waals surface area contributed by atoms with Crippen molar-refractivity contribution < 1.29 is 18.9 Å². The highest BCUT2D eigenvalue weighted by Crippen LogP contribution is 2.27. The molecule has 0 radical (unpaired) electrons. The second kappa shape index (κ2) is 17.4. The average molecular weight is 445 g/mol. The van der Waals surface area contributed by atoms with Crippen LogP contribution in [0.15, 0.2) is 36.7 Å². The minimum absolute atomic E-state index is 0.641. The number of para-hydroxylation sites is 1. The van der Waals surface area contributed by atoms with E-state index < -0.39 is 0 Å². The van der Waals surface area contributed by atoms with Gasteiger partial charge in [-0.25, -0.2) is 9.97 Å². The van der Waals surface area contributed by atoms with Crippen LogP contribution in [0.3, 0.4) is 0 Å². The largest absolute Gasteiger partial charge is 0.493 e. The smallest absolute Gasteiger partial charge is 0.163 e. The fourth-order valence-electron chi connectivity index (χ4n) is 3.14. The first-order valence-corrected chi connectivity index (χ1v) is 12.2. The maximum Gasteiger partial charge on any atom is 0.163 e. The molecule has 0 saturated carbocycles. The molecule has 0 aliphatic rings. The van der Waals surface area contributed by atoms with E-state index in [0.717, 1.165) is 82.7 Å². The summed E-state index contributed by atoms with van der Waals surface area (Å²) in [6.45, 7) is 8.93. The Morgan fingerprint density at radius 2 is 1.19 bits per heavy atom. The van der Waals surface area contributed by atoms with Gasteiger partial charge in [-0.05, 0) is 57.1 Å². The van der Waals surface area contributed by atoms with E-state index in [1.54, 1.807) is 12.4 Å². The number of unbranched alkanes of at least 4 members (excludes halogenated alkanes) is 4. The molecule has 0 saturated heterocycles. The standard InChI is InChI=1S/C26H40N2O4/c1-3-15-29-17-9-5-6-10-20-32-25-14-8-7-13-24(25)26-27-21-23(22-28-26)31-19-12-11-18-30-16-4-2/h7-8,13-14,21-22H,3-6,9-12,15-20H2,1-2H3. The van der Waals surface area contributed by atoms with Crippen molar-refractivity contribution in [2.75, 3.05) is 39.6 Å². The highest BCUT2D eigenvalue weighted by Gasteiger charge is 2.09. The minimum atomic E-state index is 0.641. The molecule has 1 aromatic carbocycles. The van der Waals surface area contributed by atoms with E-state index >= 15 is 0 Å². The molecule has 0 spiro atoms. The van der Waals surface area contributed by atoms with E-state index in [4.69, 9.17) is 18.9 Å². The molecule has 0 amide bonds. The first-order valence-electron chi connectivity index (χ1n) is 12.2. The predicted octanol–water partition coefficient (Wildman–Crippen LogP) is 6.10. The molecule has 0 aliphatic carbocycles. The van der Waals surface area contributed by atoms with Gasteiger partial charge >= 0.3 is 0 Å². The summed E-state index contributed by atoms with van der Waals surface area (Å²) in [6.07, 6.45) is 12.0. The van der Waals surface area contributed by atoms with Crippen LogP contribution in [0.1, 0.15) is 65.2 Å². The van der Waals surface area contributed by atoms with Crippen LogP contribution in [0, 0.1) is 0 Å². The molecule has 6 nitrogen and oxygen atoms in total. The van der Waals surface area contributed by atoms with Gasteiger partial charge in [0.25, 0.3) is 0 Å². The van der Waals surface area contributed by atoms with Crippen LogP contribution >= 0.6 is 0 Å². The van der Waals surface area contributed by atoms with Gasteiger partial charge < -0.3 is 18.9 Å². The summed E-state index contributed by atoms with van der Waals surface area (Å²) in [4.78, 5) is 8.98. The second-order valence-electron chi connectivity index (χ2n) is 7.78. The zero-order valence-electron chi connectivity index (χ0n) is 19.9. The maximum atomic E-state index is 6.03. The van der Waals surface area contributed by atoms with Crippen molar-refractivity contribution in [2.24, 2.45) is 0 Å². The van der Waals surface area contributed by atoms with Gasteiger partial charge in [0, 0.05) is 26.4 Å². The molecule has 0 atom stereocenters. The van der Waals surface area contributed by atoms with Gasteiger partial charge in [-0.2, -0.15) is 0 Å². The SMILES string of the molecule is CCCOCCCCCCOc1ccccc1-c1ncc(OCCCCOCCC)cn1. The summed E-state index contributed by atoms with van der Waals surface area (Å²) in [5.74, 6) is 2.15. The molecule has 0 N–H and O–H groups in total. The molecule has 2 aromatic rings. The summed E-state index contributed by atoms with van der Waals surface area (Å²) >= 11 is 0. The maximum absolute atomic E-state index is 6.03. The summed E-state index contributed by atoms with van der Waals surface area (Å²) in [7, 11) is 0. The zero-order valence-corrected chi connectivity index (χ0v) is 19.9. The van der Waals surface area contributed by atoms with Crippen LogP contribution in [0.2, 0.25) is 0 Å². The Kier molecular flexibility index (Phi) is 14.2. The summed E-state index contributed by atoms with van der Waals surface area (Å²) < 4.78 is 22.8. The Morgan fingerprint density at radius 1 is 0.625 bits per heavy atom. The minimum Gasteiger partial charge on any atom is -0.493 e. The first kappa shape index (κ1) is 26.1. The molecular formula is C26H40N2O4. The van der Waals surface area contributed by atoms with Gasteiger partial charge in [0.2, 0.25) is 0 Å². The number of hydrogen-bond donors (Lipinski definition) is 0. The van der Waals surface area contributed by atoms with Crippen molar-refractivity contribution >= 4 is 0 Å². The Balaban J connectivity index is 1.70. The van der Waals surface area contributed by atoms with Crippen molar-refractivity contribution in [1.82, 2.24) is 9.97 Å². The van der Waals surface area contributed by atoms with Crippen molar-refractivity contribution in [3.05, 3.63) is 36.7 Å². The normalized spacial score (nSPS) is 10.9. The summed E-state index contributed by atoms with van der Waals surface area (Å²) in [5, 5.41) is 0. The van der Waals surface area contributed by atoms with Gasteiger partial charge in [-0.1, -0.05) is 32.4 Å². The molecule has 1 aromatic heterocycles. The van der Waals surface area contributed by atoms with E-state index in [2.05, 4.69) is 23.8 Å². The predicted molar refractivity (Wildman–Crippen MR) is 128 cm³/mol. The van der Waals surface area contributed by atoms with Gasteiger partial charge in [-0.15, -0.1) is 0 Å². The second-order valence-corrected chi connectivity index (χ2v) is 7.78. The number of ether oxygens (including phenoxy) is 4. The van der Waals surface area contributed by atoms with Crippen LogP contribution in [-0.2, 0) is 9.47 Å². The number of rotatable bonds is 19.